The largest absolute Gasteiger partial charge is 0.466 e. The van der Waals surface area contributed by atoms with Gasteiger partial charge in [0, 0.05) is 19.2 Å². The van der Waals surface area contributed by atoms with Gasteiger partial charge in [-0.15, -0.1) is 0 Å². The molecule has 6 heteroatoms. The average Bonchev–Trinajstić information content (AvgIpc) is 2.67. The molecule has 0 bridgehead atoms. The summed E-state index contributed by atoms with van der Waals surface area (Å²) in [6, 6.07) is 11.2. The number of benzene rings is 2. The Morgan fingerprint density at radius 3 is 2.61 bits per heavy atom. The molecule has 2 aromatic carbocycles. The molecule has 1 unspecified atom stereocenters. The molecular weight excluding hydrogens is 418 g/mol. The van der Waals surface area contributed by atoms with Gasteiger partial charge in [-0.05, 0) is 78.5 Å². The molecule has 146 valence electrons. The van der Waals surface area contributed by atoms with Gasteiger partial charge in [-0.2, -0.15) is 5.26 Å². The summed E-state index contributed by atoms with van der Waals surface area (Å²) in [5.74, 6) is 0.139. The first-order chi connectivity index (χ1) is 13.3. The number of nitriles is 1. The summed E-state index contributed by atoms with van der Waals surface area (Å²) in [4.78, 5) is 19.4. The van der Waals surface area contributed by atoms with Crippen LogP contribution < -0.4 is 4.74 Å². The highest BCUT2D eigenvalue weighted by atomic mass is 79.9. The SMILES string of the molecule is CCN(C)/C=N\c1cc(C)c(C(=O)C(C#N)Oc2c(C)cccc2Br)cc1C. The van der Waals surface area contributed by atoms with E-state index in [1.807, 2.05) is 70.0 Å². The van der Waals surface area contributed by atoms with Crippen LogP contribution in [-0.2, 0) is 0 Å². The number of nitrogens with zero attached hydrogens (tertiary/aromatic N) is 3. The van der Waals surface area contributed by atoms with Gasteiger partial charge in [0.05, 0.1) is 16.5 Å². The van der Waals surface area contributed by atoms with Crippen molar-refractivity contribution in [2.24, 2.45) is 4.99 Å². The smallest absolute Gasteiger partial charge is 0.246 e. The molecule has 0 spiro atoms. The fourth-order valence-corrected chi connectivity index (χ4v) is 3.17. The molecule has 0 radical (unpaired) electrons. The minimum Gasteiger partial charge on any atom is -0.466 e. The summed E-state index contributed by atoms with van der Waals surface area (Å²) < 4.78 is 6.47. The van der Waals surface area contributed by atoms with Crippen molar-refractivity contribution in [1.29, 1.82) is 5.26 Å². The molecule has 0 N–H and O–H groups in total. The monoisotopic (exact) mass is 441 g/mol. The molecule has 0 saturated carbocycles. The van der Waals surface area contributed by atoms with Crippen molar-refractivity contribution in [3.05, 3.63) is 57.1 Å². The molecule has 2 rings (SSSR count). The van der Waals surface area contributed by atoms with Crippen LogP contribution in [0.2, 0.25) is 0 Å². The number of Topliss-reactive ketones (excluding diaryl/α,β-unsaturated/α-hetero) is 1. The van der Waals surface area contributed by atoms with Crippen LogP contribution in [0.5, 0.6) is 5.75 Å². The summed E-state index contributed by atoms with van der Waals surface area (Å²) in [7, 11) is 1.95. The van der Waals surface area contributed by atoms with Crippen LogP contribution in [0.4, 0.5) is 5.69 Å². The molecule has 0 amide bonds. The van der Waals surface area contributed by atoms with E-state index in [2.05, 4.69) is 20.9 Å². The Bertz CT molecular complexity index is 927. The molecule has 0 fully saturated rings. The van der Waals surface area contributed by atoms with Gasteiger partial charge in [-0.1, -0.05) is 12.1 Å². The first kappa shape index (κ1) is 21.6. The third kappa shape index (κ3) is 4.99. The second-order valence-electron chi connectivity index (χ2n) is 6.65. The van der Waals surface area contributed by atoms with E-state index in [1.165, 1.54) is 0 Å². The Kier molecular flexibility index (Phi) is 7.36. The fourth-order valence-electron chi connectivity index (χ4n) is 2.61. The highest BCUT2D eigenvalue weighted by molar-refractivity contribution is 9.10. The fraction of sp³-hybridized carbons (Fsp3) is 0.318. The standard InChI is InChI=1S/C22H24BrN3O2/c1-6-26(5)13-25-19-11-15(3)17(10-16(19)4)21(27)20(12-24)28-22-14(2)8-7-9-18(22)23/h7-11,13,20H,6H2,1-5H3/b25-13-. The van der Waals surface area contributed by atoms with Gasteiger partial charge in [0.15, 0.2) is 0 Å². The van der Waals surface area contributed by atoms with Crippen LogP contribution in [0.1, 0.15) is 34.0 Å². The quantitative estimate of drug-likeness (QED) is 0.338. The number of halogens is 1. The summed E-state index contributed by atoms with van der Waals surface area (Å²) in [5.41, 5.74) is 3.74. The minimum absolute atomic E-state index is 0.362. The summed E-state index contributed by atoms with van der Waals surface area (Å²) in [6.45, 7) is 8.51. The van der Waals surface area contributed by atoms with Crippen LogP contribution >= 0.6 is 15.9 Å². The van der Waals surface area contributed by atoms with Crippen LogP contribution in [0.15, 0.2) is 39.8 Å². The average molecular weight is 442 g/mol. The van der Waals surface area contributed by atoms with Crippen molar-refractivity contribution >= 4 is 33.7 Å². The summed E-state index contributed by atoms with van der Waals surface area (Å²) >= 11 is 3.41. The predicted molar refractivity (Wildman–Crippen MR) is 116 cm³/mol. The number of rotatable bonds is 7. The maximum absolute atomic E-state index is 13.0. The van der Waals surface area contributed by atoms with Crippen molar-refractivity contribution in [2.45, 2.75) is 33.8 Å². The molecule has 0 heterocycles. The Labute approximate surface area is 174 Å². The maximum atomic E-state index is 13.0. The van der Waals surface area contributed by atoms with E-state index < -0.39 is 6.10 Å². The number of hydrogen-bond acceptors (Lipinski definition) is 4. The van der Waals surface area contributed by atoms with Gasteiger partial charge in [-0.3, -0.25) is 4.79 Å². The molecule has 0 saturated heterocycles. The van der Waals surface area contributed by atoms with Crippen LogP contribution in [0.3, 0.4) is 0 Å². The number of ketones is 1. The van der Waals surface area contributed by atoms with E-state index in [4.69, 9.17) is 4.74 Å². The lowest BCUT2D eigenvalue weighted by molar-refractivity contribution is 0.0857. The molecule has 0 aliphatic carbocycles. The molecule has 0 aliphatic heterocycles. The van der Waals surface area contributed by atoms with E-state index in [9.17, 15) is 10.1 Å². The number of carbonyl (C=O) groups excluding carboxylic acids is 1. The number of hydrogen-bond donors (Lipinski definition) is 0. The second-order valence-corrected chi connectivity index (χ2v) is 7.50. The zero-order valence-electron chi connectivity index (χ0n) is 16.8. The van der Waals surface area contributed by atoms with Gasteiger partial charge >= 0.3 is 0 Å². The molecular formula is C22H24BrN3O2. The number of carbonyl (C=O) groups is 1. The highest BCUT2D eigenvalue weighted by Crippen LogP contribution is 2.30. The summed E-state index contributed by atoms with van der Waals surface area (Å²) in [6.07, 6.45) is 0.538. The second kappa shape index (κ2) is 9.52. The third-order valence-corrected chi connectivity index (χ3v) is 5.08. The van der Waals surface area contributed by atoms with Gasteiger partial charge in [0.25, 0.3) is 0 Å². The third-order valence-electron chi connectivity index (χ3n) is 4.46. The number of para-hydroxylation sites is 1. The van der Waals surface area contributed by atoms with Gasteiger partial charge in [0.1, 0.15) is 11.8 Å². The van der Waals surface area contributed by atoms with E-state index in [0.717, 1.165) is 28.9 Å². The lowest BCUT2D eigenvalue weighted by atomic mass is 9.98. The predicted octanol–water partition coefficient (Wildman–Crippen LogP) is 5.14. The van der Waals surface area contributed by atoms with Gasteiger partial charge in [0.2, 0.25) is 11.9 Å². The highest BCUT2D eigenvalue weighted by Gasteiger charge is 2.25. The molecule has 1 atom stereocenters. The number of ether oxygens (including phenoxy) is 1. The first-order valence-electron chi connectivity index (χ1n) is 8.99. The van der Waals surface area contributed by atoms with Gasteiger partial charge < -0.3 is 9.64 Å². The van der Waals surface area contributed by atoms with Crippen LogP contribution in [0, 0.1) is 32.1 Å². The number of aliphatic imine (C=N–C) groups is 1. The van der Waals surface area contributed by atoms with E-state index in [1.54, 1.807) is 12.4 Å². The topological polar surface area (TPSA) is 65.7 Å². The minimum atomic E-state index is -1.23. The molecule has 0 aliphatic rings. The van der Waals surface area contributed by atoms with Crippen molar-refractivity contribution in [2.75, 3.05) is 13.6 Å². The zero-order valence-corrected chi connectivity index (χ0v) is 18.4. The molecule has 0 aromatic heterocycles. The van der Waals surface area contributed by atoms with Crippen LogP contribution in [-0.4, -0.2) is 36.7 Å². The zero-order chi connectivity index (χ0) is 20.8. The summed E-state index contributed by atoms with van der Waals surface area (Å²) in [5, 5.41) is 9.55. The van der Waals surface area contributed by atoms with Gasteiger partial charge in [-0.25, -0.2) is 4.99 Å². The van der Waals surface area contributed by atoms with E-state index in [0.29, 0.717) is 15.8 Å². The van der Waals surface area contributed by atoms with Crippen LogP contribution in [0.25, 0.3) is 0 Å². The number of aryl methyl sites for hydroxylation is 3. The van der Waals surface area contributed by atoms with Crippen molar-refractivity contribution in [3.63, 3.8) is 0 Å². The van der Waals surface area contributed by atoms with E-state index in [-0.39, 0.29) is 5.78 Å². The molecule has 5 nitrogen and oxygen atoms in total. The molecule has 28 heavy (non-hydrogen) atoms. The Morgan fingerprint density at radius 2 is 2.00 bits per heavy atom. The normalized spacial score (nSPS) is 11.9. The van der Waals surface area contributed by atoms with Crippen molar-refractivity contribution in [1.82, 2.24) is 4.90 Å². The lowest BCUT2D eigenvalue weighted by Crippen LogP contribution is -2.27. The molecule has 2 aromatic rings. The van der Waals surface area contributed by atoms with E-state index >= 15 is 0 Å². The van der Waals surface area contributed by atoms with Crippen molar-refractivity contribution < 1.29 is 9.53 Å². The first-order valence-corrected chi connectivity index (χ1v) is 9.79. The Balaban J connectivity index is 2.33. The lowest BCUT2D eigenvalue weighted by Gasteiger charge is -2.17. The Morgan fingerprint density at radius 1 is 1.29 bits per heavy atom. The maximum Gasteiger partial charge on any atom is 0.246 e. The Hall–Kier alpha value is -2.65. The van der Waals surface area contributed by atoms with Crippen molar-refractivity contribution in [3.8, 4) is 11.8 Å².